The molecule has 1 rings (SSSR count). The minimum absolute atomic E-state index is 0.0546. The maximum absolute atomic E-state index is 11.0. The minimum Gasteiger partial charge on any atom is -0.484 e. The normalized spacial score (nSPS) is 11.9. The molecule has 17 heavy (non-hydrogen) atoms. The van der Waals surface area contributed by atoms with Gasteiger partial charge in [-0.15, -0.1) is 0 Å². The number of hydrogen-bond donors (Lipinski definition) is 2. The molecule has 0 saturated heterocycles. The van der Waals surface area contributed by atoms with Crippen LogP contribution in [0.25, 0.3) is 0 Å². The zero-order valence-corrected chi connectivity index (χ0v) is 10.6. The number of rotatable bonds is 6. The van der Waals surface area contributed by atoms with Crippen molar-refractivity contribution < 1.29 is 9.53 Å². The van der Waals surface area contributed by atoms with Gasteiger partial charge in [-0.1, -0.05) is 19.1 Å². The minimum atomic E-state index is -0.129. The lowest BCUT2D eigenvalue weighted by molar-refractivity contribution is -0.122. The van der Waals surface area contributed by atoms with Gasteiger partial charge in [-0.3, -0.25) is 4.79 Å². The van der Waals surface area contributed by atoms with Crippen molar-refractivity contribution in [3.8, 4) is 5.75 Å². The van der Waals surface area contributed by atoms with Crippen LogP contribution in [0.15, 0.2) is 24.3 Å². The van der Waals surface area contributed by atoms with Crippen molar-refractivity contribution in [1.82, 2.24) is 10.6 Å². The Morgan fingerprint density at radius 1 is 1.29 bits per heavy atom. The molecule has 1 amide bonds. The van der Waals surface area contributed by atoms with E-state index in [1.165, 1.54) is 5.56 Å². The number of benzene rings is 1. The Labute approximate surface area is 102 Å². The van der Waals surface area contributed by atoms with E-state index in [9.17, 15) is 4.79 Å². The number of likely N-dealkylation sites (N-methyl/N-ethyl adjacent to an activating group) is 1. The van der Waals surface area contributed by atoms with Crippen LogP contribution in [0.5, 0.6) is 5.75 Å². The van der Waals surface area contributed by atoms with Gasteiger partial charge in [0.1, 0.15) is 5.75 Å². The Hall–Kier alpha value is -1.55. The summed E-state index contributed by atoms with van der Waals surface area (Å²) in [4.78, 5) is 11.0. The second-order valence-electron chi connectivity index (χ2n) is 3.78. The highest BCUT2D eigenvalue weighted by molar-refractivity contribution is 5.77. The molecule has 0 aliphatic rings. The Balaban J connectivity index is 2.58. The van der Waals surface area contributed by atoms with Gasteiger partial charge in [0.05, 0.1) is 0 Å². The van der Waals surface area contributed by atoms with E-state index in [2.05, 4.69) is 17.6 Å². The van der Waals surface area contributed by atoms with Crippen molar-refractivity contribution in [2.24, 2.45) is 0 Å². The summed E-state index contributed by atoms with van der Waals surface area (Å²) in [6, 6.07) is 8.17. The number of hydrogen-bond acceptors (Lipinski definition) is 3. The van der Waals surface area contributed by atoms with Gasteiger partial charge in [0.25, 0.3) is 5.91 Å². The van der Waals surface area contributed by atoms with Crippen LogP contribution in [0.1, 0.15) is 24.9 Å². The average Bonchev–Trinajstić information content (AvgIpc) is 2.38. The van der Waals surface area contributed by atoms with Gasteiger partial charge in [0.15, 0.2) is 6.61 Å². The quantitative estimate of drug-likeness (QED) is 0.786. The molecule has 2 N–H and O–H groups in total. The first-order valence-corrected chi connectivity index (χ1v) is 5.81. The highest BCUT2D eigenvalue weighted by Gasteiger charge is 2.06. The summed E-state index contributed by atoms with van der Waals surface area (Å²) >= 11 is 0. The molecule has 0 aliphatic carbocycles. The fraction of sp³-hybridized carbons (Fsp3) is 0.462. The molecule has 0 fully saturated rings. The molecule has 1 aromatic carbocycles. The third-order valence-corrected chi connectivity index (χ3v) is 2.69. The van der Waals surface area contributed by atoms with Crippen molar-refractivity contribution in [3.05, 3.63) is 29.8 Å². The van der Waals surface area contributed by atoms with Crippen LogP contribution in [0, 0.1) is 0 Å². The van der Waals surface area contributed by atoms with Crippen LogP contribution in [0.2, 0.25) is 0 Å². The fourth-order valence-corrected chi connectivity index (χ4v) is 1.62. The molecule has 94 valence electrons. The Bertz CT molecular complexity index is 345. The Morgan fingerprint density at radius 3 is 2.41 bits per heavy atom. The van der Waals surface area contributed by atoms with Gasteiger partial charge in [-0.2, -0.15) is 0 Å². The van der Waals surface area contributed by atoms with E-state index in [0.717, 1.165) is 6.42 Å². The molecule has 0 aromatic heterocycles. The van der Waals surface area contributed by atoms with Crippen LogP contribution < -0.4 is 15.4 Å². The van der Waals surface area contributed by atoms with Gasteiger partial charge < -0.3 is 15.4 Å². The first-order chi connectivity index (χ1) is 8.21. The molecule has 4 heteroatoms. The monoisotopic (exact) mass is 236 g/mol. The van der Waals surface area contributed by atoms with Gasteiger partial charge in [-0.25, -0.2) is 0 Å². The molecule has 0 aliphatic heterocycles. The van der Waals surface area contributed by atoms with E-state index in [1.54, 1.807) is 7.05 Å². The van der Waals surface area contributed by atoms with Gasteiger partial charge in [0.2, 0.25) is 0 Å². The van der Waals surface area contributed by atoms with E-state index in [0.29, 0.717) is 11.8 Å². The molecule has 1 unspecified atom stereocenters. The summed E-state index contributed by atoms with van der Waals surface area (Å²) in [5.74, 6) is 0.582. The Morgan fingerprint density at radius 2 is 1.94 bits per heavy atom. The molecule has 4 nitrogen and oxygen atoms in total. The standard InChI is InChI=1S/C13H20N2O2/c1-4-12(14-2)10-5-7-11(8-6-10)17-9-13(16)15-3/h5-8,12,14H,4,9H2,1-3H3,(H,15,16). The third kappa shape index (κ3) is 4.07. The lowest BCUT2D eigenvalue weighted by Crippen LogP contribution is -2.24. The van der Waals surface area contributed by atoms with Crippen LogP contribution in [0.4, 0.5) is 0 Å². The molecular formula is C13H20N2O2. The van der Waals surface area contributed by atoms with Crippen molar-refractivity contribution in [2.45, 2.75) is 19.4 Å². The Kier molecular flexibility index (Phi) is 5.49. The van der Waals surface area contributed by atoms with E-state index in [1.807, 2.05) is 31.3 Å². The predicted octanol–water partition coefficient (Wildman–Crippen LogP) is 1.48. The summed E-state index contributed by atoms with van der Waals surface area (Å²) in [7, 11) is 3.54. The first-order valence-electron chi connectivity index (χ1n) is 5.81. The van der Waals surface area contributed by atoms with E-state index >= 15 is 0 Å². The molecule has 1 atom stereocenters. The van der Waals surface area contributed by atoms with Crippen LogP contribution >= 0.6 is 0 Å². The highest BCUT2D eigenvalue weighted by Crippen LogP contribution is 2.19. The van der Waals surface area contributed by atoms with Gasteiger partial charge in [-0.05, 0) is 31.2 Å². The molecule has 0 spiro atoms. The van der Waals surface area contributed by atoms with Crippen molar-refractivity contribution in [3.63, 3.8) is 0 Å². The van der Waals surface area contributed by atoms with Crippen molar-refractivity contribution >= 4 is 5.91 Å². The summed E-state index contributed by atoms with van der Waals surface area (Å²) in [6.07, 6.45) is 1.04. The predicted molar refractivity (Wildman–Crippen MR) is 68.1 cm³/mol. The first kappa shape index (κ1) is 13.5. The maximum Gasteiger partial charge on any atom is 0.257 e. The second-order valence-corrected chi connectivity index (χ2v) is 3.78. The lowest BCUT2D eigenvalue weighted by Gasteiger charge is -2.14. The van der Waals surface area contributed by atoms with Crippen LogP contribution in [-0.4, -0.2) is 26.6 Å². The van der Waals surface area contributed by atoms with Crippen LogP contribution in [-0.2, 0) is 4.79 Å². The lowest BCUT2D eigenvalue weighted by atomic mass is 10.1. The van der Waals surface area contributed by atoms with Gasteiger partial charge in [0, 0.05) is 13.1 Å². The number of carbonyl (C=O) groups excluding carboxylic acids is 1. The zero-order chi connectivity index (χ0) is 12.7. The molecule has 0 saturated carbocycles. The topological polar surface area (TPSA) is 50.4 Å². The second kappa shape index (κ2) is 6.91. The number of amides is 1. The smallest absolute Gasteiger partial charge is 0.257 e. The summed E-state index contributed by atoms with van der Waals surface area (Å²) in [6.45, 7) is 2.19. The number of carbonyl (C=O) groups is 1. The number of ether oxygens (including phenoxy) is 1. The van der Waals surface area contributed by atoms with E-state index in [4.69, 9.17) is 4.74 Å². The SMILES string of the molecule is CCC(NC)c1ccc(OCC(=O)NC)cc1. The summed E-state index contributed by atoms with van der Waals surface area (Å²) in [5.41, 5.74) is 1.22. The van der Waals surface area contributed by atoms with Crippen LogP contribution in [0.3, 0.4) is 0 Å². The molecule has 0 heterocycles. The molecule has 1 aromatic rings. The van der Waals surface area contributed by atoms with Crippen molar-refractivity contribution in [2.75, 3.05) is 20.7 Å². The molecule has 0 radical (unpaired) electrons. The van der Waals surface area contributed by atoms with E-state index < -0.39 is 0 Å². The largest absolute Gasteiger partial charge is 0.484 e. The molecule has 0 bridgehead atoms. The molecular weight excluding hydrogens is 216 g/mol. The highest BCUT2D eigenvalue weighted by atomic mass is 16.5. The maximum atomic E-state index is 11.0. The van der Waals surface area contributed by atoms with Crippen molar-refractivity contribution in [1.29, 1.82) is 0 Å². The zero-order valence-electron chi connectivity index (χ0n) is 10.6. The average molecular weight is 236 g/mol. The third-order valence-electron chi connectivity index (χ3n) is 2.69. The van der Waals surface area contributed by atoms with E-state index in [-0.39, 0.29) is 12.5 Å². The van der Waals surface area contributed by atoms with Gasteiger partial charge >= 0.3 is 0 Å². The fourth-order valence-electron chi connectivity index (χ4n) is 1.62. The number of nitrogens with one attached hydrogen (secondary N) is 2. The summed E-state index contributed by atoms with van der Waals surface area (Å²) < 4.78 is 5.33. The summed E-state index contributed by atoms with van der Waals surface area (Å²) in [5, 5.41) is 5.75.